The molecule has 0 aliphatic carbocycles. The number of ether oxygens (including phenoxy) is 1. The van der Waals surface area contributed by atoms with Crippen LogP contribution in [0.4, 0.5) is 10.1 Å². The Kier molecular flexibility index (Phi) is 4.49. The van der Waals surface area contributed by atoms with Gasteiger partial charge < -0.3 is 9.84 Å². The van der Waals surface area contributed by atoms with Gasteiger partial charge in [0, 0.05) is 6.07 Å². The lowest BCUT2D eigenvalue weighted by Gasteiger charge is -2.10. The summed E-state index contributed by atoms with van der Waals surface area (Å²) in [6, 6.07) is 9.97. The molecular weight excluding hydrogens is 277 g/mol. The summed E-state index contributed by atoms with van der Waals surface area (Å²) >= 11 is 0. The Bertz CT molecular complexity index is 658. The van der Waals surface area contributed by atoms with E-state index in [-0.39, 0.29) is 17.9 Å². The third-order valence-electron chi connectivity index (χ3n) is 2.97. The molecule has 0 saturated carbocycles. The first-order valence-electron chi connectivity index (χ1n) is 6.31. The highest BCUT2D eigenvalue weighted by atomic mass is 19.1. The lowest BCUT2D eigenvalue weighted by atomic mass is 10.1. The normalized spacial score (nSPS) is 12.0. The van der Waals surface area contributed by atoms with Crippen molar-refractivity contribution < 1.29 is 19.2 Å². The molecule has 2 aromatic rings. The molecule has 0 fully saturated rings. The van der Waals surface area contributed by atoms with Crippen LogP contribution in [0.5, 0.6) is 5.75 Å². The molecule has 2 rings (SSSR count). The van der Waals surface area contributed by atoms with Gasteiger partial charge in [-0.2, -0.15) is 0 Å². The molecule has 1 atom stereocenters. The predicted molar refractivity (Wildman–Crippen MR) is 74.5 cm³/mol. The Morgan fingerprint density at radius 1 is 1.33 bits per heavy atom. The number of nitro groups is 1. The fourth-order valence-corrected chi connectivity index (χ4v) is 1.87. The highest BCUT2D eigenvalue weighted by Gasteiger charge is 2.15. The van der Waals surface area contributed by atoms with Crippen LogP contribution < -0.4 is 4.74 Å². The number of benzene rings is 2. The number of aliphatic hydroxyl groups excluding tert-OH is 1. The van der Waals surface area contributed by atoms with Gasteiger partial charge in [-0.25, -0.2) is 4.39 Å². The quantitative estimate of drug-likeness (QED) is 0.677. The molecule has 0 radical (unpaired) electrons. The van der Waals surface area contributed by atoms with Crippen LogP contribution in [0.3, 0.4) is 0 Å². The van der Waals surface area contributed by atoms with Gasteiger partial charge in [-0.1, -0.05) is 12.1 Å². The van der Waals surface area contributed by atoms with Crippen LogP contribution in [-0.4, -0.2) is 10.0 Å². The molecule has 0 spiro atoms. The van der Waals surface area contributed by atoms with Gasteiger partial charge in [0.15, 0.2) is 0 Å². The van der Waals surface area contributed by atoms with Gasteiger partial charge in [0.2, 0.25) is 0 Å². The zero-order chi connectivity index (χ0) is 15.4. The molecule has 0 heterocycles. The summed E-state index contributed by atoms with van der Waals surface area (Å²) in [6.45, 7) is 1.49. The predicted octanol–water partition coefficient (Wildman–Crippen LogP) is 3.37. The molecule has 2 aromatic carbocycles. The minimum atomic E-state index is -0.642. The van der Waals surface area contributed by atoms with Crippen molar-refractivity contribution >= 4 is 5.69 Å². The topological polar surface area (TPSA) is 72.6 Å². The highest BCUT2D eigenvalue weighted by Crippen LogP contribution is 2.23. The maximum Gasteiger partial charge on any atom is 0.276 e. The third-order valence-corrected chi connectivity index (χ3v) is 2.97. The molecule has 1 N–H and O–H groups in total. The van der Waals surface area contributed by atoms with Crippen molar-refractivity contribution in [2.45, 2.75) is 19.6 Å². The van der Waals surface area contributed by atoms with E-state index in [0.29, 0.717) is 11.3 Å². The standard InChI is InChI=1S/C15H14FNO4/c1-10(18)11-3-2-4-14(8-11)21-9-12-7-13(16)5-6-15(12)17(19)20/h2-8,10,18H,9H2,1H3/t10-/m1/s1. The van der Waals surface area contributed by atoms with Gasteiger partial charge in [-0.15, -0.1) is 0 Å². The van der Waals surface area contributed by atoms with E-state index in [4.69, 9.17) is 4.74 Å². The molecular formula is C15H14FNO4. The maximum atomic E-state index is 13.2. The highest BCUT2D eigenvalue weighted by molar-refractivity contribution is 5.40. The van der Waals surface area contributed by atoms with Crippen molar-refractivity contribution in [2.75, 3.05) is 0 Å². The Morgan fingerprint density at radius 3 is 2.76 bits per heavy atom. The largest absolute Gasteiger partial charge is 0.489 e. The lowest BCUT2D eigenvalue weighted by Crippen LogP contribution is -2.02. The van der Waals surface area contributed by atoms with E-state index in [9.17, 15) is 19.6 Å². The first-order valence-corrected chi connectivity index (χ1v) is 6.31. The SMILES string of the molecule is C[C@@H](O)c1cccc(OCc2cc(F)ccc2[N+](=O)[O-])c1. The van der Waals surface area contributed by atoms with Crippen molar-refractivity contribution in [3.05, 3.63) is 69.5 Å². The van der Waals surface area contributed by atoms with Crippen molar-refractivity contribution in [1.29, 1.82) is 0 Å². The van der Waals surface area contributed by atoms with Gasteiger partial charge >= 0.3 is 0 Å². The Labute approximate surface area is 120 Å². The molecule has 0 aromatic heterocycles. The van der Waals surface area contributed by atoms with Gasteiger partial charge in [-0.05, 0) is 36.8 Å². The molecule has 0 aliphatic rings. The second-order valence-corrected chi connectivity index (χ2v) is 4.57. The number of hydrogen-bond acceptors (Lipinski definition) is 4. The Hall–Kier alpha value is -2.47. The van der Waals surface area contributed by atoms with Gasteiger partial charge in [0.25, 0.3) is 5.69 Å². The van der Waals surface area contributed by atoms with Crippen LogP contribution in [0, 0.1) is 15.9 Å². The van der Waals surface area contributed by atoms with Crippen molar-refractivity contribution in [3.8, 4) is 5.75 Å². The van der Waals surface area contributed by atoms with Crippen LogP contribution in [0.15, 0.2) is 42.5 Å². The van der Waals surface area contributed by atoms with E-state index in [1.54, 1.807) is 31.2 Å². The summed E-state index contributed by atoms with van der Waals surface area (Å²) in [5.41, 5.74) is 0.631. The van der Waals surface area contributed by atoms with E-state index >= 15 is 0 Å². The van der Waals surface area contributed by atoms with E-state index in [0.717, 1.165) is 18.2 Å². The minimum Gasteiger partial charge on any atom is -0.489 e. The van der Waals surface area contributed by atoms with Crippen LogP contribution >= 0.6 is 0 Å². The molecule has 0 bridgehead atoms. The molecule has 21 heavy (non-hydrogen) atoms. The molecule has 0 saturated heterocycles. The number of hydrogen-bond donors (Lipinski definition) is 1. The summed E-state index contributed by atoms with van der Waals surface area (Å²) in [5, 5.41) is 20.4. The summed E-state index contributed by atoms with van der Waals surface area (Å²) < 4.78 is 18.6. The monoisotopic (exact) mass is 291 g/mol. The van der Waals surface area contributed by atoms with Gasteiger partial charge in [0.1, 0.15) is 18.2 Å². The van der Waals surface area contributed by atoms with Crippen LogP contribution in [0.2, 0.25) is 0 Å². The number of aliphatic hydroxyl groups is 1. The smallest absolute Gasteiger partial charge is 0.276 e. The zero-order valence-electron chi connectivity index (χ0n) is 11.3. The number of nitro benzene ring substituents is 1. The van der Waals surface area contributed by atoms with Crippen LogP contribution in [-0.2, 0) is 6.61 Å². The maximum absolute atomic E-state index is 13.2. The van der Waals surface area contributed by atoms with Crippen LogP contribution in [0.1, 0.15) is 24.2 Å². The molecule has 0 amide bonds. The Balaban J connectivity index is 2.18. The average Bonchev–Trinajstić information content (AvgIpc) is 2.45. The summed E-state index contributed by atoms with van der Waals surface area (Å²) in [7, 11) is 0. The Morgan fingerprint density at radius 2 is 2.10 bits per heavy atom. The minimum absolute atomic E-state index is 0.128. The number of rotatable bonds is 5. The number of halogens is 1. The fourth-order valence-electron chi connectivity index (χ4n) is 1.87. The summed E-state index contributed by atoms with van der Waals surface area (Å²) in [4.78, 5) is 10.3. The van der Waals surface area contributed by atoms with Crippen molar-refractivity contribution in [3.63, 3.8) is 0 Å². The fraction of sp³-hybridized carbons (Fsp3) is 0.200. The third kappa shape index (κ3) is 3.76. The molecule has 0 unspecified atom stereocenters. The van der Waals surface area contributed by atoms with Crippen molar-refractivity contribution in [2.24, 2.45) is 0 Å². The molecule has 5 nitrogen and oxygen atoms in total. The average molecular weight is 291 g/mol. The molecule has 0 aliphatic heterocycles. The van der Waals surface area contributed by atoms with Crippen molar-refractivity contribution in [1.82, 2.24) is 0 Å². The summed E-state index contributed by atoms with van der Waals surface area (Å²) in [5.74, 6) is -0.108. The first kappa shape index (κ1) is 14.9. The number of nitrogens with zero attached hydrogens (tertiary/aromatic N) is 1. The van der Waals surface area contributed by atoms with Crippen LogP contribution in [0.25, 0.3) is 0 Å². The van der Waals surface area contributed by atoms with E-state index in [1.807, 2.05) is 0 Å². The van der Waals surface area contributed by atoms with Gasteiger partial charge in [0.05, 0.1) is 16.6 Å². The van der Waals surface area contributed by atoms with Gasteiger partial charge in [-0.3, -0.25) is 10.1 Å². The second kappa shape index (κ2) is 6.32. The molecule has 110 valence electrons. The second-order valence-electron chi connectivity index (χ2n) is 4.57. The van der Waals surface area contributed by atoms with E-state index in [2.05, 4.69) is 0 Å². The lowest BCUT2D eigenvalue weighted by molar-refractivity contribution is -0.385. The summed E-state index contributed by atoms with van der Waals surface area (Å²) in [6.07, 6.45) is -0.642. The molecule has 6 heteroatoms. The van der Waals surface area contributed by atoms with E-state index in [1.165, 1.54) is 0 Å². The zero-order valence-corrected chi connectivity index (χ0v) is 11.3. The van der Waals surface area contributed by atoms with E-state index < -0.39 is 16.8 Å². The first-order chi connectivity index (χ1) is 9.97.